The second-order valence-corrected chi connectivity index (χ2v) is 3.31. The minimum absolute atomic E-state index is 0.185. The lowest BCUT2D eigenvalue weighted by Crippen LogP contribution is -1.99. The zero-order valence-corrected chi connectivity index (χ0v) is 9.43. The van der Waals surface area contributed by atoms with Crippen LogP contribution in [0.4, 0.5) is 5.95 Å². The van der Waals surface area contributed by atoms with Crippen LogP contribution in [0.3, 0.4) is 0 Å². The van der Waals surface area contributed by atoms with Gasteiger partial charge >= 0.3 is 6.01 Å². The lowest BCUT2D eigenvalue weighted by atomic mass is 10.6. The molecule has 8 heteroatoms. The molecule has 0 saturated carbocycles. The predicted molar refractivity (Wildman–Crippen MR) is 57.7 cm³/mol. The van der Waals surface area contributed by atoms with Crippen LogP contribution in [0.5, 0.6) is 11.9 Å². The highest BCUT2D eigenvalue weighted by Gasteiger charge is 2.09. The molecule has 0 spiro atoms. The van der Waals surface area contributed by atoms with Crippen molar-refractivity contribution in [2.45, 2.75) is 0 Å². The summed E-state index contributed by atoms with van der Waals surface area (Å²) in [6.07, 6.45) is 2.96. The molecule has 16 heavy (non-hydrogen) atoms. The molecular formula is C8H9ClN6O. The summed E-state index contributed by atoms with van der Waals surface area (Å²) in [7, 11) is 3.44. The highest BCUT2D eigenvalue weighted by molar-refractivity contribution is 6.31. The molecule has 0 unspecified atom stereocenters. The van der Waals surface area contributed by atoms with Crippen LogP contribution in [0.25, 0.3) is 0 Å². The molecule has 0 aliphatic carbocycles. The van der Waals surface area contributed by atoms with Crippen LogP contribution in [0, 0.1) is 0 Å². The molecule has 2 rings (SSSR count). The molecule has 0 radical (unpaired) electrons. The van der Waals surface area contributed by atoms with Gasteiger partial charge in [0.05, 0.1) is 6.20 Å². The molecule has 2 aromatic heterocycles. The quantitative estimate of drug-likeness (QED) is 0.865. The highest BCUT2D eigenvalue weighted by Crippen LogP contribution is 2.25. The number of hydrogen-bond acceptors (Lipinski definition) is 6. The van der Waals surface area contributed by atoms with E-state index in [1.165, 1.54) is 17.2 Å². The second-order valence-electron chi connectivity index (χ2n) is 2.90. The van der Waals surface area contributed by atoms with Crippen LogP contribution in [0.2, 0.25) is 5.02 Å². The van der Waals surface area contributed by atoms with Gasteiger partial charge < -0.3 is 10.1 Å². The predicted octanol–water partition coefficient (Wildman–Crippen LogP) is 1.09. The topological polar surface area (TPSA) is 77.8 Å². The van der Waals surface area contributed by atoms with Gasteiger partial charge in [0, 0.05) is 14.1 Å². The average Bonchev–Trinajstić information content (AvgIpc) is 2.67. The van der Waals surface area contributed by atoms with Crippen LogP contribution >= 0.6 is 11.6 Å². The summed E-state index contributed by atoms with van der Waals surface area (Å²) >= 11 is 5.87. The Morgan fingerprint density at radius 2 is 2.25 bits per heavy atom. The molecule has 2 heterocycles. The van der Waals surface area contributed by atoms with Crippen LogP contribution < -0.4 is 10.1 Å². The molecule has 0 amide bonds. The van der Waals surface area contributed by atoms with Crippen molar-refractivity contribution in [3.63, 3.8) is 0 Å². The second kappa shape index (κ2) is 4.31. The number of ether oxygens (including phenoxy) is 1. The van der Waals surface area contributed by atoms with Crippen molar-refractivity contribution in [1.29, 1.82) is 0 Å². The third-order valence-corrected chi connectivity index (χ3v) is 1.96. The van der Waals surface area contributed by atoms with Gasteiger partial charge in [-0.05, 0) is 0 Å². The fourth-order valence-electron chi connectivity index (χ4n) is 0.996. The van der Waals surface area contributed by atoms with Crippen molar-refractivity contribution in [3.8, 4) is 11.9 Å². The van der Waals surface area contributed by atoms with E-state index in [-0.39, 0.29) is 11.9 Å². The molecule has 7 nitrogen and oxygen atoms in total. The number of hydrogen-bond donors (Lipinski definition) is 1. The molecule has 0 fully saturated rings. The summed E-state index contributed by atoms with van der Waals surface area (Å²) < 4.78 is 6.82. The van der Waals surface area contributed by atoms with Crippen LogP contribution in [0.1, 0.15) is 0 Å². The highest BCUT2D eigenvalue weighted by atomic mass is 35.5. The van der Waals surface area contributed by atoms with E-state index in [0.717, 1.165) is 0 Å². The summed E-state index contributed by atoms with van der Waals surface area (Å²) in [6, 6.07) is 0.185. The van der Waals surface area contributed by atoms with Crippen molar-refractivity contribution in [3.05, 3.63) is 17.5 Å². The smallest absolute Gasteiger partial charge is 0.342 e. The van der Waals surface area contributed by atoms with E-state index < -0.39 is 0 Å². The Bertz CT molecular complexity index is 499. The number of anilines is 1. The standard InChI is InChI=1S/C8H9ClN6O/c1-10-7-11-3-5(9)6(13-7)16-8-12-4-15(2)14-8/h3-4H,1-2H3,(H,10,11,13). The van der Waals surface area contributed by atoms with E-state index in [9.17, 15) is 0 Å². The third kappa shape index (κ3) is 2.19. The SMILES string of the molecule is CNc1ncc(Cl)c(Oc2ncn(C)n2)n1. The van der Waals surface area contributed by atoms with Crippen LogP contribution in [-0.2, 0) is 7.05 Å². The average molecular weight is 241 g/mol. The van der Waals surface area contributed by atoms with E-state index in [2.05, 4.69) is 25.4 Å². The minimum atomic E-state index is 0.185. The Morgan fingerprint density at radius 3 is 2.88 bits per heavy atom. The van der Waals surface area contributed by atoms with E-state index in [1.807, 2.05) is 0 Å². The molecule has 0 bridgehead atoms. The Morgan fingerprint density at radius 1 is 1.44 bits per heavy atom. The lowest BCUT2D eigenvalue weighted by Gasteiger charge is -2.03. The summed E-state index contributed by atoms with van der Waals surface area (Å²) in [6.45, 7) is 0. The van der Waals surface area contributed by atoms with E-state index >= 15 is 0 Å². The summed E-state index contributed by atoms with van der Waals surface area (Å²) in [5, 5.41) is 7.02. The van der Waals surface area contributed by atoms with Crippen molar-refractivity contribution >= 4 is 17.5 Å². The summed E-state index contributed by atoms with van der Waals surface area (Å²) in [4.78, 5) is 11.9. The molecule has 0 aliphatic rings. The van der Waals surface area contributed by atoms with Gasteiger partial charge in [0.1, 0.15) is 11.3 Å². The van der Waals surface area contributed by atoms with Crippen molar-refractivity contribution in [2.75, 3.05) is 12.4 Å². The Labute approximate surface area is 96.5 Å². The normalized spacial score (nSPS) is 10.2. The van der Waals surface area contributed by atoms with Gasteiger partial charge in [0.25, 0.3) is 0 Å². The van der Waals surface area contributed by atoms with Crippen LogP contribution in [0.15, 0.2) is 12.5 Å². The number of halogens is 1. The minimum Gasteiger partial charge on any atom is -0.402 e. The van der Waals surface area contributed by atoms with Crippen molar-refractivity contribution < 1.29 is 4.74 Å². The Balaban J connectivity index is 2.26. The number of rotatable bonds is 3. The Kier molecular flexibility index (Phi) is 2.86. The number of aryl methyl sites for hydroxylation is 1. The van der Waals surface area contributed by atoms with Gasteiger partial charge in [-0.3, -0.25) is 4.68 Å². The molecule has 0 saturated heterocycles. The third-order valence-electron chi connectivity index (χ3n) is 1.70. The molecular weight excluding hydrogens is 232 g/mol. The Hall–Kier alpha value is -1.89. The zero-order chi connectivity index (χ0) is 11.5. The first-order valence-corrected chi connectivity index (χ1v) is 4.80. The van der Waals surface area contributed by atoms with Crippen molar-refractivity contribution in [2.24, 2.45) is 7.05 Å². The summed E-state index contributed by atoms with van der Waals surface area (Å²) in [5.41, 5.74) is 0. The fourth-order valence-corrected chi connectivity index (χ4v) is 1.13. The van der Waals surface area contributed by atoms with Gasteiger partial charge in [-0.15, -0.1) is 5.10 Å². The first-order valence-electron chi connectivity index (χ1n) is 4.43. The van der Waals surface area contributed by atoms with Gasteiger partial charge in [-0.1, -0.05) is 11.6 Å². The molecule has 84 valence electrons. The van der Waals surface area contributed by atoms with Gasteiger partial charge in [0.15, 0.2) is 0 Å². The van der Waals surface area contributed by atoms with Gasteiger partial charge in [-0.2, -0.15) is 9.97 Å². The first kappa shape index (κ1) is 10.6. The molecule has 2 aromatic rings. The maximum atomic E-state index is 5.87. The summed E-state index contributed by atoms with van der Waals surface area (Å²) in [5.74, 6) is 0.627. The first-order chi connectivity index (χ1) is 7.69. The van der Waals surface area contributed by atoms with E-state index in [1.54, 1.807) is 14.1 Å². The van der Waals surface area contributed by atoms with Crippen LogP contribution in [-0.4, -0.2) is 31.8 Å². The molecule has 1 N–H and O–H groups in total. The van der Waals surface area contributed by atoms with E-state index in [0.29, 0.717) is 11.0 Å². The lowest BCUT2D eigenvalue weighted by molar-refractivity contribution is 0.422. The zero-order valence-electron chi connectivity index (χ0n) is 8.68. The molecule has 0 aromatic carbocycles. The van der Waals surface area contributed by atoms with Gasteiger partial charge in [0.2, 0.25) is 11.8 Å². The fraction of sp³-hybridized carbons (Fsp3) is 0.250. The maximum Gasteiger partial charge on any atom is 0.342 e. The largest absolute Gasteiger partial charge is 0.402 e. The van der Waals surface area contributed by atoms with E-state index in [4.69, 9.17) is 16.3 Å². The number of nitrogens with zero attached hydrogens (tertiary/aromatic N) is 5. The maximum absolute atomic E-state index is 5.87. The van der Waals surface area contributed by atoms with Gasteiger partial charge in [-0.25, -0.2) is 4.98 Å². The molecule has 0 aliphatic heterocycles. The van der Waals surface area contributed by atoms with Crippen molar-refractivity contribution in [1.82, 2.24) is 24.7 Å². The number of nitrogens with one attached hydrogen (secondary N) is 1. The monoisotopic (exact) mass is 240 g/mol. The number of aromatic nitrogens is 5. The molecule has 0 atom stereocenters.